The van der Waals surface area contributed by atoms with Crippen molar-refractivity contribution in [3.63, 3.8) is 0 Å². The number of hydrogen-bond donors (Lipinski definition) is 1. The summed E-state index contributed by atoms with van der Waals surface area (Å²) in [6.45, 7) is 10.9. The minimum absolute atomic E-state index is 0.0997. The Labute approximate surface area is 232 Å². The first-order chi connectivity index (χ1) is 18.4. The second-order valence-corrected chi connectivity index (χ2v) is 12.0. The molecule has 0 radical (unpaired) electrons. The van der Waals surface area contributed by atoms with Crippen LogP contribution in [-0.2, 0) is 32.6 Å². The van der Waals surface area contributed by atoms with E-state index in [2.05, 4.69) is 5.32 Å². The highest BCUT2D eigenvalue weighted by Crippen LogP contribution is 2.28. The molecule has 8 heteroatoms. The Morgan fingerprint density at radius 3 is 2.15 bits per heavy atom. The Kier molecular flexibility index (Phi) is 9.92. The van der Waals surface area contributed by atoms with Crippen molar-refractivity contribution >= 4 is 27.5 Å². The molecule has 0 heterocycles. The number of amides is 2. The van der Waals surface area contributed by atoms with Gasteiger partial charge in [-0.05, 0) is 70.4 Å². The van der Waals surface area contributed by atoms with Gasteiger partial charge in [-0.2, -0.15) is 0 Å². The Morgan fingerprint density at radius 1 is 0.872 bits per heavy atom. The predicted octanol–water partition coefficient (Wildman–Crippen LogP) is 5.00. The molecule has 1 N–H and O–H groups in total. The molecule has 7 nitrogen and oxygen atoms in total. The fraction of sp³-hybridized carbons (Fsp3) is 0.355. The fourth-order valence-electron chi connectivity index (χ4n) is 4.40. The normalized spacial score (nSPS) is 12.2. The van der Waals surface area contributed by atoms with E-state index in [9.17, 15) is 18.0 Å². The number of sulfonamides is 1. The second kappa shape index (κ2) is 12.9. The fourth-order valence-corrected chi connectivity index (χ4v) is 5.85. The van der Waals surface area contributed by atoms with Crippen LogP contribution in [-0.4, -0.2) is 43.8 Å². The van der Waals surface area contributed by atoms with Crippen LogP contribution in [0.15, 0.2) is 77.7 Å². The summed E-state index contributed by atoms with van der Waals surface area (Å²) in [5.41, 5.74) is 4.06. The molecule has 0 saturated carbocycles. The summed E-state index contributed by atoms with van der Waals surface area (Å²) in [4.78, 5) is 28.6. The highest BCUT2D eigenvalue weighted by molar-refractivity contribution is 7.92. The van der Waals surface area contributed by atoms with Crippen LogP contribution >= 0.6 is 0 Å². The molecular formula is C31H39N3O4S. The lowest BCUT2D eigenvalue weighted by molar-refractivity contribution is -0.139. The van der Waals surface area contributed by atoms with Crippen LogP contribution in [0.5, 0.6) is 0 Å². The number of para-hydroxylation sites is 1. The molecule has 208 valence electrons. The summed E-state index contributed by atoms with van der Waals surface area (Å²) < 4.78 is 29.2. The van der Waals surface area contributed by atoms with Crippen LogP contribution in [0, 0.1) is 13.8 Å². The number of carbonyl (C=O) groups excluding carboxylic acids is 2. The Balaban J connectivity index is 2.07. The van der Waals surface area contributed by atoms with Gasteiger partial charge >= 0.3 is 0 Å². The number of hydrogen-bond acceptors (Lipinski definition) is 4. The zero-order chi connectivity index (χ0) is 28.7. The van der Waals surface area contributed by atoms with E-state index in [1.54, 1.807) is 43.3 Å². The highest BCUT2D eigenvalue weighted by atomic mass is 32.2. The summed E-state index contributed by atoms with van der Waals surface area (Å²) >= 11 is 0. The number of nitrogens with one attached hydrogen (secondary N) is 1. The predicted molar refractivity (Wildman–Crippen MR) is 156 cm³/mol. The average Bonchev–Trinajstić information content (AvgIpc) is 2.89. The minimum Gasteiger partial charge on any atom is -0.352 e. The average molecular weight is 550 g/mol. The molecule has 0 saturated heterocycles. The molecule has 0 aliphatic carbocycles. The van der Waals surface area contributed by atoms with Crippen molar-refractivity contribution in [1.82, 2.24) is 10.2 Å². The Morgan fingerprint density at radius 2 is 1.54 bits per heavy atom. The molecule has 0 unspecified atom stereocenters. The topological polar surface area (TPSA) is 86.8 Å². The summed E-state index contributed by atoms with van der Waals surface area (Å²) in [5.74, 6) is -0.766. The van der Waals surface area contributed by atoms with Crippen molar-refractivity contribution in [3.05, 3.63) is 95.1 Å². The van der Waals surface area contributed by atoms with Gasteiger partial charge in [0.25, 0.3) is 10.0 Å². The van der Waals surface area contributed by atoms with Crippen molar-refractivity contribution < 1.29 is 18.0 Å². The molecule has 1 atom stereocenters. The number of anilines is 1. The number of aryl methyl sites for hydroxylation is 3. The van der Waals surface area contributed by atoms with E-state index in [-0.39, 0.29) is 23.4 Å². The number of carbonyl (C=O) groups is 2. The smallest absolute Gasteiger partial charge is 0.264 e. The van der Waals surface area contributed by atoms with Crippen LogP contribution in [0.3, 0.4) is 0 Å². The van der Waals surface area contributed by atoms with Gasteiger partial charge in [-0.1, -0.05) is 72.6 Å². The molecule has 3 rings (SSSR count). The zero-order valence-corrected chi connectivity index (χ0v) is 24.5. The maximum Gasteiger partial charge on any atom is 0.264 e. The third-order valence-corrected chi connectivity index (χ3v) is 8.34. The molecular weight excluding hydrogens is 510 g/mol. The SMILES string of the molecule is CCc1ccccc1N(CC(=O)N(Cc1cccc(C)c1)[C@@H](C)C(=O)NC(C)C)S(=O)(=O)c1ccc(C)cc1. The summed E-state index contributed by atoms with van der Waals surface area (Å²) in [5, 5.41) is 2.87. The standard InChI is InChI=1S/C31H39N3O4S/c1-7-27-13-8-9-14-29(27)34(39(37,38)28-17-15-23(4)16-18-28)21-30(35)33(25(6)31(36)32-22(2)3)20-26-12-10-11-24(5)19-26/h8-19,22,25H,7,20-21H2,1-6H3,(H,32,36)/t25-/m0/s1. The van der Waals surface area contributed by atoms with Crippen molar-refractivity contribution in [2.24, 2.45) is 0 Å². The largest absolute Gasteiger partial charge is 0.352 e. The first kappa shape index (κ1) is 29.9. The molecule has 39 heavy (non-hydrogen) atoms. The highest BCUT2D eigenvalue weighted by Gasteiger charge is 2.33. The van der Waals surface area contributed by atoms with Gasteiger partial charge in [-0.15, -0.1) is 0 Å². The van der Waals surface area contributed by atoms with E-state index >= 15 is 0 Å². The van der Waals surface area contributed by atoms with E-state index < -0.39 is 28.5 Å². The first-order valence-corrected chi connectivity index (χ1v) is 14.7. The van der Waals surface area contributed by atoms with Crippen LogP contribution in [0.2, 0.25) is 0 Å². The van der Waals surface area contributed by atoms with Gasteiger partial charge in [0.2, 0.25) is 11.8 Å². The second-order valence-electron chi connectivity index (χ2n) is 10.2. The zero-order valence-electron chi connectivity index (χ0n) is 23.6. The lowest BCUT2D eigenvalue weighted by Gasteiger charge is -2.33. The molecule has 3 aromatic carbocycles. The number of rotatable bonds is 11. The van der Waals surface area contributed by atoms with Crippen molar-refractivity contribution in [3.8, 4) is 0 Å². The molecule has 0 fully saturated rings. The maximum atomic E-state index is 14.0. The van der Waals surface area contributed by atoms with Crippen LogP contribution in [0.4, 0.5) is 5.69 Å². The Hall–Kier alpha value is -3.65. The molecule has 0 spiro atoms. The lowest BCUT2D eigenvalue weighted by Crippen LogP contribution is -2.52. The maximum absolute atomic E-state index is 14.0. The summed E-state index contributed by atoms with van der Waals surface area (Å²) in [7, 11) is -4.09. The first-order valence-electron chi connectivity index (χ1n) is 13.3. The Bertz CT molecular complexity index is 1400. The van der Waals surface area contributed by atoms with Crippen LogP contribution in [0.25, 0.3) is 0 Å². The van der Waals surface area contributed by atoms with Crippen LogP contribution < -0.4 is 9.62 Å². The lowest BCUT2D eigenvalue weighted by atomic mass is 10.1. The summed E-state index contributed by atoms with van der Waals surface area (Å²) in [6, 6.07) is 20.6. The van der Waals surface area contributed by atoms with Gasteiger partial charge in [-0.3, -0.25) is 13.9 Å². The summed E-state index contributed by atoms with van der Waals surface area (Å²) in [6.07, 6.45) is 0.588. The van der Waals surface area contributed by atoms with Gasteiger partial charge < -0.3 is 10.2 Å². The van der Waals surface area contributed by atoms with E-state index in [4.69, 9.17) is 0 Å². The van der Waals surface area contributed by atoms with E-state index in [0.29, 0.717) is 12.1 Å². The van der Waals surface area contributed by atoms with Gasteiger partial charge in [-0.25, -0.2) is 8.42 Å². The molecule has 0 bridgehead atoms. The van der Waals surface area contributed by atoms with E-state index in [1.165, 1.54) is 9.21 Å². The van der Waals surface area contributed by atoms with Crippen molar-refractivity contribution in [2.75, 3.05) is 10.8 Å². The third kappa shape index (κ3) is 7.47. The number of nitrogens with zero attached hydrogens (tertiary/aromatic N) is 2. The van der Waals surface area contributed by atoms with Gasteiger partial charge in [0, 0.05) is 12.6 Å². The van der Waals surface area contributed by atoms with E-state index in [1.807, 2.05) is 71.0 Å². The van der Waals surface area contributed by atoms with Gasteiger partial charge in [0.15, 0.2) is 0 Å². The van der Waals surface area contributed by atoms with Gasteiger partial charge in [0.1, 0.15) is 12.6 Å². The monoisotopic (exact) mass is 549 g/mol. The van der Waals surface area contributed by atoms with Crippen molar-refractivity contribution in [2.45, 2.75) is 71.5 Å². The van der Waals surface area contributed by atoms with Crippen molar-refractivity contribution in [1.29, 1.82) is 0 Å². The van der Waals surface area contributed by atoms with Gasteiger partial charge in [0.05, 0.1) is 10.6 Å². The molecule has 2 amide bonds. The minimum atomic E-state index is -4.09. The van der Waals surface area contributed by atoms with E-state index in [0.717, 1.165) is 22.3 Å². The molecule has 0 aromatic heterocycles. The number of benzene rings is 3. The molecule has 3 aromatic rings. The molecule has 0 aliphatic rings. The van der Waals surface area contributed by atoms with Crippen LogP contribution in [0.1, 0.15) is 49.9 Å². The molecule has 0 aliphatic heterocycles. The quantitative estimate of drug-likeness (QED) is 0.365. The third-order valence-electron chi connectivity index (χ3n) is 6.56.